The Morgan fingerprint density at radius 3 is 2.78 bits per heavy atom. The van der Waals surface area contributed by atoms with Crippen molar-refractivity contribution >= 4 is 11.2 Å². The third-order valence-electron chi connectivity index (χ3n) is 3.56. The summed E-state index contributed by atoms with van der Waals surface area (Å²) in [7, 11) is 0. The van der Waals surface area contributed by atoms with Gasteiger partial charge in [0.25, 0.3) is 12.0 Å². The number of fused-ring (bicyclic) bond motifs is 1. The van der Waals surface area contributed by atoms with Crippen LogP contribution in [-0.2, 0) is 6.54 Å². The quantitative estimate of drug-likeness (QED) is 0.745. The minimum Gasteiger partial charge on any atom is -0.285 e. The van der Waals surface area contributed by atoms with E-state index in [1.54, 1.807) is 26.1 Å². The molecule has 3 aromatic rings. The average molecular weight is 316 g/mol. The largest absolute Gasteiger partial charge is 0.285 e. The Morgan fingerprint density at radius 1 is 1.26 bits per heavy atom. The van der Waals surface area contributed by atoms with Gasteiger partial charge in [-0.1, -0.05) is 0 Å². The standard InChI is InChI=1S/C16H14F2N4O/c1-9-6-12-15(21-10(2)7-20-12)22(16(9)23)8-13-11(14(17)18)4-3-5-19-13/h3-7,14H,8H2,1-2H3. The number of hydrogen-bond donors (Lipinski definition) is 0. The summed E-state index contributed by atoms with van der Waals surface area (Å²) in [6.45, 7) is 3.34. The van der Waals surface area contributed by atoms with Gasteiger partial charge in [0.1, 0.15) is 5.52 Å². The van der Waals surface area contributed by atoms with Crippen LogP contribution in [0.5, 0.6) is 0 Å². The molecule has 0 aromatic carbocycles. The van der Waals surface area contributed by atoms with Gasteiger partial charge in [0, 0.05) is 23.5 Å². The summed E-state index contributed by atoms with van der Waals surface area (Å²) < 4.78 is 27.6. The maximum Gasteiger partial charge on any atom is 0.265 e. The summed E-state index contributed by atoms with van der Waals surface area (Å²) in [4.78, 5) is 25.1. The van der Waals surface area contributed by atoms with E-state index >= 15 is 0 Å². The van der Waals surface area contributed by atoms with Crippen molar-refractivity contribution in [1.82, 2.24) is 19.5 Å². The predicted octanol–water partition coefficient (Wildman–Crippen LogP) is 2.79. The van der Waals surface area contributed by atoms with Crippen LogP contribution in [-0.4, -0.2) is 19.5 Å². The summed E-state index contributed by atoms with van der Waals surface area (Å²) >= 11 is 0. The maximum absolute atomic E-state index is 13.1. The molecule has 0 spiro atoms. The number of alkyl halides is 2. The van der Waals surface area contributed by atoms with E-state index in [9.17, 15) is 13.6 Å². The van der Waals surface area contributed by atoms with E-state index < -0.39 is 6.43 Å². The summed E-state index contributed by atoms with van der Waals surface area (Å²) in [5.41, 5.74) is 1.71. The maximum atomic E-state index is 13.1. The molecule has 0 N–H and O–H groups in total. The molecule has 0 aliphatic rings. The van der Waals surface area contributed by atoms with Crippen LogP contribution >= 0.6 is 0 Å². The van der Waals surface area contributed by atoms with Crippen molar-refractivity contribution in [2.45, 2.75) is 26.8 Å². The molecule has 0 saturated carbocycles. The molecule has 3 rings (SSSR count). The smallest absolute Gasteiger partial charge is 0.265 e. The Bertz CT molecular complexity index is 937. The normalized spacial score (nSPS) is 11.3. The van der Waals surface area contributed by atoms with E-state index in [2.05, 4.69) is 15.0 Å². The lowest BCUT2D eigenvalue weighted by Gasteiger charge is -2.13. The molecule has 0 atom stereocenters. The van der Waals surface area contributed by atoms with Crippen molar-refractivity contribution in [2.75, 3.05) is 0 Å². The van der Waals surface area contributed by atoms with Crippen LogP contribution < -0.4 is 5.56 Å². The number of halogens is 2. The molecule has 7 heteroatoms. The van der Waals surface area contributed by atoms with Gasteiger partial charge in [-0.15, -0.1) is 0 Å². The van der Waals surface area contributed by atoms with Crippen LogP contribution in [0, 0.1) is 13.8 Å². The van der Waals surface area contributed by atoms with Crippen molar-refractivity contribution in [3.63, 3.8) is 0 Å². The average Bonchev–Trinajstić information content (AvgIpc) is 2.53. The Morgan fingerprint density at radius 2 is 2.04 bits per heavy atom. The Balaban J connectivity index is 2.23. The van der Waals surface area contributed by atoms with Crippen LogP contribution in [0.2, 0.25) is 0 Å². The van der Waals surface area contributed by atoms with Gasteiger partial charge in [-0.05, 0) is 32.0 Å². The number of rotatable bonds is 3. The minimum absolute atomic E-state index is 0.0738. The van der Waals surface area contributed by atoms with Crippen molar-refractivity contribution in [2.24, 2.45) is 0 Å². The number of nitrogens with zero attached hydrogens (tertiary/aromatic N) is 4. The highest BCUT2D eigenvalue weighted by Crippen LogP contribution is 2.22. The van der Waals surface area contributed by atoms with E-state index in [0.29, 0.717) is 22.4 Å². The molecule has 0 aliphatic heterocycles. The van der Waals surface area contributed by atoms with Gasteiger partial charge in [-0.2, -0.15) is 0 Å². The number of aryl methyl sites for hydroxylation is 2. The highest BCUT2D eigenvalue weighted by molar-refractivity contribution is 5.70. The Labute approximate surface area is 130 Å². The second-order valence-electron chi connectivity index (χ2n) is 5.28. The Hall–Kier alpha value is -2.70. The fraction of sp³-hybridized carbons (Fsp3) is 0.250. The molecular formula is C16H14F2N4O. The van der Waals surface area contributed by atoms with Crippen molar-refractivity contribution in [1.29, 1.82) is 0 Å². The fourth-order valence-electron chi connectivity index (χ4n) is 2.43. The zero-order valence-corrected chi connectivity index (χ0v) is 12.6. The van der Waals surface area contributed by atoms with Gasteiger partial charge in [-0.25, -0.2) is 13.8 Å². The molecule has 0 amide bonds. The second kappa shape index (κ2) is 5.83. The van der Waals surface area contributed by atoms with E-state index in [0.717, 1.165) is 0 Å². The van der Waals surface area contributed by atoms with Crippen LogP contribution in [0.4, 0.5) is 8.78 Å². The minimum atomic E-state index is -2.65. The van der Waals surface area contributed by atoms with Gasteiger partial charge in [0.05, 0.1) is 17.9 Å². The molecule has 5 nitrogen and oxygen atoms in total. The summed E-state index contributed by atoms with van der Waals surface area (Å²) in [5.74, 6) is 0. The van der Waals surface area contributed by atoms with Gasteiger partial charge in [0.15, 0.2) is 5.65 Å². The van der Waals surface area contributed by atoms with Gasteiger partial charge in [0.2, 0.25) is 0 Å². The lowest BCUT2D eigenvalue weighted by atomic mass is 10.2. The van der Waals surface area contributed by atoms with Gasteiger partial charge in [-0.3, -0.25) is 19.3 Å². The van der Waals surface area contributed by atoms with Crippen LogP contribution in [0.3, 0.4) is 0 Å². The SMILES string of the molecule is Cc1cnc2cc(C)c(=O)n(Cc3ncccc3C(F)F)c2n1. The highest BCUT2D eigenvalue weighted by atomic mass is 19.3. The van der Waals surface area contributed by atoms with E-state index in [4.69, 9.17) is 0 Å². The first-order valence-corrected chi connectivity index (χ1v) is 7.03. The third kappa shape index (κ3) is 2.81. The first-order valence-electron chi connectivity index (χ1n) is 7.03. The summed E-state index contributed by atoms with van der Waals surface area (Å²) in [6.07, 6.45) is 0.377. The van der Waals surface area contributed by atoms with Crippen LogP contribution in [0.1, 0.15) is 28.9 Å². The molecular weight excluding hydrogens is 302 g/mol. The monoisotopic (exact) mass is 316 g/mol. The predicted molar refractivity (Wildman–Crippen MR) is 81.6 cm³/mol. The molecule has 3 aromatic heterocycles. The lowest BCUT2D eigenvalue weighted by Crippen LogP contribution is -2.25. The molecule has 0 radical (unpaired) electrons. The summed E-state index contributed by atoms with van der Waals surface area (Å²) in [5, 5.41) is 0. The lowest BCUT2D eigenvalue weighted by molar-refractivity contribution is 0.149. The molecule has 0 bridgehead atoms. The van der Waals surface area contributed by atoms with E-state index in [-0.39, 0.29) is 23.4 Å². The third-order valence-corrected chi connectivity index (χ3v) is 3.56. The summed E-state index contributed by atoms with van der Waals surface area (Å²) in [6, 6.07) is 4.41. The van der Waals surface area contributed by atoms with E-state index in [1.165, 1.54) is 22.9 Å². The highest BCUT2D eigenvalue weighted by Gasteiger charge is 2.16. The van der Waals surface area contributed by atoms with Crippen molar-refractivity contribution < 1.29 is 8.78 Å². The topological polar surface area (TPSA) is 60.7 Å². The first-order chi connectivity index (χ1) is 11.0. The first kappa shape index (κ1) is 15.2. The molecule has 0 saturated heterocycles. The number of aromatic nitrogens is 4. The van der Waals surface area contributed by atoms with Crippen molar-refractivity contribution in [3.05, 3.63) is 63.5 Å². The molecule has 3 heterocycles. The zero-order valence-electron chi connectivity index (χ0n) is 12.6. The fourth-order valence-corrected chi connectivity index (χ4v) is 2.43. The van der Waals surface area contributed by atoms with Gasteiger partial charge < -0.3 is 0 Å². The van der Waals surface area contributed by atoms with Gasteiger partial charge >= 0.3 is 0 Å². The van der Waals surface area contributed by atoms with Crippen molar-refractivity contribution in [3.8, 4) is 0 Å². The molecule has 118 valence electrons. The molecule has 0 fully saturated rings. The number of hydrogen-bond acceptors (Lipinski definition) is 4. The molecule has 0 aliphatic carbocycles. The zero-order chi connectivity index (χ0) is 16.6. The number of pyridine rings is 2. The molecule has 0 unspecified atom stereocenters. The van der Waals surface area contributed by atoms with Crippen LogP contribution in [0.25, 0.3) is 11.2 Å². The Kier molecular flexibility index (Phi) is 3.85. The van der Waals surface area contributed by atoms with E-state index in [1.807, 2.05) is 0 Å². The molecule has 23 heavy (non-hydrogen) atoms. The second-order valence-corrected chi connectivity index (χ2v) is 5.28. The van der Waals surface area contributed by atoms with Crippen LogP contribution in [0.15, 0.2) is 35.4 Å².